The van der Waals surface area contributed by atoms with E-state index >= 15 is 0 Å². The highest BCUT2D eigenvalue weighted by Gasteiger charge is 2.09. The first-order valence-corrected chi connectivity index (χ1v) is 4.99. The molecule has 16 heavy (non-hydrogen) atoms. The highest BCUT2D eigenvalue weighted by atomic mass is 19.1. The Morgan fingerprint density at radius 3 is 2.94 bits per heavy atom. The minimum absolute atomic E-state index is 0.152. The predicted octanol–water partition coefficient (Wildman–Crippen LogP) is 1.54. The fraction of sp³-hybridized carbons (Fsp3) is 0.300. The summed E-state index contributed by atoms with van der Waals surface area (Å²) in [5.41, 5.74) is 0.808. The summed E-state index contributed by atoms with van der Waals surface area (Å²) in [6, 6.07) is 1.79. The molecule has 84 valence electrons. The van der Waals surface area contributed by atoms with E-state index in [9.17, 15) is 4.39 Å². The Balaban J connectivity index is 2.42. The second kappa shape index (κ2) is 4.26. The molecule has 0 amide bonds. The Hall–Kier alpha value is -1.98. The van der Waals surface area contributed by atoms with Gasteiger partial charge in [-0.2, -0.15) is 10.1 Å². The Kier molecular flexibility index (Phi) is 2.80. The van der Waals surface area contributed by atoms with Crippen molar-refractivity contribution >= 4 is 5.95 Å². The molecule has 0 saturated carbocycles. The molecule has 2 rings (SSSR count). The second-order valence-electron chi connectivity index (χ2n) is 3.30. The summed E-state index contributed by atoms with van der Waals surface area (Å²) < 4.78 is 14.9. The third-order valence-corrected chi connectivity index (χ3v) is 2.00. The van der Waals surface area contributed by atoms with Gasteiger partial charge in [-0.05, 0) is 19.9 Å². The molecule has 0 radical (unpaired) electrons. The molecule has 2 heterocycles. The lowest BCUT2D eigenvalue weighted by Gasteiger charge is -2.05. The molecule has 0 bridgehead atoms. The zero-order chi connectivity index (χ0) is 11.5. The number of hydrogen-bond donors (Lipinski definition) is 1. The average Bonchev–Trinajstić information content (AvgIpc) is 2.68. The standard InChI is InChI=1S/C10H12FN5/c1-3-12-10-13-6-8(11)9(14-10)16-5-4-7(2)15-16/h4-6H,3H2,1-2H3,(H,12,13,14). The molecule has 5 nitrogen and oxygen atoms in total. The van der Waals surface area contributed by atoms with Crippen molar-refractivity contribution in [3.63, 3.8) is 0 Å². The number of anilines is 1. The van der Waals surface area contributed by atoms with Crippen LogP contribution >= 0.6 is 0 Å². The van der Waals surface area contributed by atoms with E-state index in [0.717, 1.165) is 11.9 Å². The van der Waals surface area contributed by atoms with E-state index < -0.39 is 5.82 Å². The van der Waals surface area contributed by atoms with Crippen molar-refractivity contribution in [3.8, 4) is 5.82 Å². The van der Waals surface area contributed by atoms with Crippen LogP contribution in [-0.4, -0.2) is 26.3 Å². The molecule has 0 aliphatic heterocycles. The van der Waals surface area contributed by atoms with Crippen LogP contribution in [0.25, 0.3) is 5.82 Å². The van der Waals surface area contributed by atoms with Crippen molar-refractivity contribution in [2.45, 2.75) is 13.8 Å². The zero-order valence-corrected chi connectivity index (χ0v) is 9.11. The zero-order valence-electron chi connectivity index (χ0n) is 9.11. The smallest absolute Gasteiger partial charge is 0.224 e. The molecule has 1 N–H and O–H groups in total. The van der Waals surface area contributed by atoms with Crippen LogP contribution in [0, 0.1) is 12.7 Å². The van der Waals surface area contributed by atoms with E-state index in [4.69, 9.17) is 0 Å². The van der Waals surface area contributed by atoms with E-state index in [1.165, 1.54) is 4.68 Å². The molecule has 0 spiro atoms. The molecular weight excluding hydrogens is 209 g/mol. The quantitative estimate of drug-likeness (QED) is 0.854. The van der Waals surface area contributed by atoms with Gasteiger partial charge in [0.1, 0.15) is 0 Å². The average molecular weight is 221 g/mol. The number of nitrogens with zero attached hydrogens (tertiary/aromatic N) is 4. The van der Waals surface area contributed by atoms with Crippen molar-refractivity contribution in [1.29, 1.82) is 0 Å². The van der Waals surface area contributed by atoms with E-state index in [-0.39, 0.29) is 5.82 Å². The third kappa shape index (κ3) is 2.00. The summed E-state index contributed by atoms with van der Waals surface area (Å²) in [5.74, 6) is 0.0517. The summed E-state index contributed by atoms with van der Waals surface area (Å²) in [5, 5.41) is 7.02. The first-order chi connectivity index (χ1) is 7.70. The molecule has 2 aromatic rings. The summed E-state index contributed by atoms with van der Waals surface area (Å²) in [4.78, 5) is 7.87. The minimum Gasteiger partial charge on any atom is -0.354 e. The lowest BCUT2D eigenvalue weighted by Crippen LogP contribution is -2.08. The molecule has 0 aromatic carbocycles. The van der Waals surface area contributed by atoms with E-state index in [1.54, 1.807) is 12.3 Å². The van der Waals surface area contributed by atoms with Crippen molar-refractivity contribution in [3.05, 3.63) is 30.0 Å². The first kappa shape index (κ1) is 10.5. The van der Waals surface area contributed by atoms with Gasteiger partial charge in [-0.25, -0.2) is 14.1 Å². The summed E-state index contributed by atoms with van der Waals surface area (Å²) in [7, 11) is 0. The Morgan fingerprint density at radius 2 is 2.31 bits per heavy atom. The van der Waals surface area contributed by atoms with Gasteiger partial charge in [0.05, 0.1) is 11.9 Å². The van der Waals surface area contributed by atoms with Crippen LogP contribution in [0.1, 0.15) is 12.6 Å². The van der Waals surface area contributed by atoms with Gasteiger partial charge >= 0.3 is 0 Å². The third-order valence-electron chi connectivity index (χ3n) is 2.00. The highest BCUT2D eigenvalue weighted by molar-refractivity contribution is 5.32. The molecule has 0 aliphatic rings. The maximum Gasteiger partial charge on any atom is 0.224 e. The SMILES string of the molecule is CCNc1ncc(F)c(-n2ccc(C)n2)n1. The largest absolute Gasteiger partial charge is 0.354 e. The van der Waals surface area contributed by atoms with E-state index in [0.29, 0.717) is 12.5 Å². The Labute approximate surface area is 92.3 Å². The summed E-state index contributed by atoms with van der Waals surface area (Å²) in [6.07, 6.45) is 2.80. The van der Waals surface area contributed by atoms with Crippen LogP contribution in [0.2, 0.25) is 0 Å². The normalized spacial score (nSPS) is 10.4. The fourth-order valence-electron chi connectivity index (χ4n) is 1.30. The number of rotatable bonds is 3. The minimum atomic E-state index is -0.496. The van der Waals surface area contributed by atoms with Crippen molar-refractivity contribution < 1.29 is 4.39 Å². The number of nitrogens with one attached hydrogen (secondary N) is 1. The Bertz CT molecular complexity index is 494. The van der Waals surface area contributed by atoms with Gasteiger partial charge in [0, 0.05) is 12.7 Å². The van der Waals surface area contributed by atoms with Crippen molar-refractivity contribution in [2.24, 2.45) is 0 Å². The van der Waals surface area contributed by atoms with Crippen molar-refractivity contribution in [2.75, 3.05) is 11.9 Å². The van der Waals surface area contributed by atoms with Crippen molar-refractivity contribution in [1.82, 2.24) is 19.7 Å². The van der Waals surface area contributed by atoms with E-state index in [2.05, 4.69) is 20.4 Å². The Morgan fingerprint density at radius 1 is 1.50 bits per heavy atom. The lowest BCUT2D eigenvalue weighted by atomic mass is 10.5. The second-order valence-corrected chi connectivity index (χ2v) is 3.30. The monoisotopic (exact) mass is 221 g/mol. The van der Waals surface area contributed by atoms with Gasteiger partial charge in [-0.1, -0.05) is 0 Å². The van der Waals surface area contributed by atoms with Crippen LogP contribution in [0.3, 0.4) is 0 Å². The molecule has 0 aliphatic carbocycles. The topological polar surface area (TPSA) is 55.6 Å². The maximum atomic E-state index is 13.5. The molecule has 6 heteroatoms. The molecule has 0 saturated heterocycles. The number of aryl methyl sites for hydroxylation is 1. The number of aromatic nitrogens is 4. The van der Waals surface area contributed by atoms with Gasteiger partial charge in [-0.15, -0.1) is 0 Å². The van der Waals surface area contributed by atoms with E-state index in [1.807, 2.05) is 13.8 Å². The summed E-state index contributed by atoms with van der Waals surface area (Å²) >= 11 is 0. The van der Waals surface area contributed by atoms with Crippen LogP contribution in [0.15, 0.2) is 18.5 Å². The molecule has 0 fully saturated rings. The molecule has 0 atom stereocenters. The molecular formula is C10H12FN5. The van der Waals surface area contributed by atoms with Gasteiger partial charge < -0.3 is 5.32 Å². The fourth-order valence-corrected chi connectivity index (χ4v) is 1.30. The number of hydrogen-bond acceptors (Lipinski definition) is 4. The van der Waals surface area contributed by atoms with Crippen LogP contribution < -0.4 is 5.32 Å². The number of halogens is 1. The summed E-state index contributed by atoms with van der Waals surface area (Å²) in [6.45, 7) is 4.44. The lowest BCUT2D eigenvalue weighted by molar-refractivity contribution is 0.593. The van der Waals surface area contributed by atoms with Gasteiger partial charge in [0.25, 0.3) is 0 Å². The highest BCUT2D eigenvalue weighted by Crippen LogP contribution is 2.11. The maximum absolute atomic E-state index is 13.5. The van der Waals surface area contributed by atoms with Crippen LogP contribution in [-0.2, 0) is 0 Å². The van der Waals surface area contributed by atoms with Gasteiger partial charge in [0.2, 0.25) is 5.95 Å². The molecule has 0 unspecified atom stereocenters. The van der Waals surface area contributed by atoms with Crippen LogP contribution in [0.4, 0.5) is 10.3 Å². The first-order valence-electron chi connectivity index (χ1n) is 4.99. The van der Waals surface area contributed by atoms with Crippen LogP contribution in [0.5, 0.6) is 0 Å². The van der Waals surface area contributed by atoms with Gasteiger partial charge in [0.15, 0.2) is 11.6 Å². The molecule has 2 aromatic heterocycles. The van der Waals surface area contributed by atoms with Gasteiger partial charge in [-0.3, -0.25) is 0 Å². The predicted molar refractivity (Wildman–Crippen MR) is 58.0 cm³/mol.